The van der Waals surface area contributed by atoms with Crippen LogP contribution in [0, 0.1) is 0 Å². The van der Waals surface area contributed by atoms with Crippen LogP contribution in [0.2, 0.25) is 0 Å². The van der Waals surface area contributed by atoms with Crippen LogP contribution in [0.1, 0.15) is 5.56 Å². The van der Waals surface area contributed by atoms with Crippen molar-refractivity contribution in [3.8, 4) is 5.75 Å². The normalized spacial score (nSPS) is 12.1. The maximum absolute atomic E-state index is 10.5. The first kappa shape index (κ1) is 10.9. The Labute approximate surface area is 87.3 Å². The first-order valence-corrected chi connectivity index (χ1v) is 4.57. The van der Waals surface area contributed by atoms with Gasteiger partial charge in [0.2, 0.25) is 0 Å². The molecule has 0 aliphatic rings. The van der Waals surface area contributed by atoms with E-state index in [0.717, 1.165) is 5.56 Å². The Morgan fingerprint density at radius 2 is 2.36 bits per heavy atom. The molecule has 0 aromatic heterocycles. The lowest BCUT2D eigenvalue weighted by Crippen LogP contribution is -2.15. The average Bonchev–Trinajstić information content (AvgIpc) is 2.18. The van der Waals surface area contributed by atoms with Gasteiger partial charge in [-0.3, -0.25) is 4.79 Å². The second-order valence-electron chi connectivity index (χ2n) is 2.86. The largest absolute Gasteiger partial charge is 0.497 e. The minimum absolute atomic E-state index is 0.300. The predicted octanol–water partition coefficient (Wildman–Crippen LogP) is 1.93. The van der Waals surface area contributed by atoms with E-state index in [1.54, 1.807) is 25.3 Å². The van der Waals surface area contributed by atoms with Crippen molar-refractivity contribution in [3.05, 3.63) is 29.8 Å². The van der Waals surface area contributed by atoms with Crippen LogP contribution in [0.15, 0.2) is 24.3 Å². The Hall–Kier alpha value is -1.22. The molecule has 1 unspecified atom stereocenters. The van der Waals surface area contributed by atoms with Gasteiger partial charge in [0.15, 0.2) is 0 Å². The van der Waals surface area contributed by atoms with E-state index in [4.69, 9.17) is 21.4 Å². The van der Waals surface area contributed by atoms with Crippen LogP contribution in [-0.2, 0) is 11.2 Å². The molecule has 0 bridgehead atoms. The van der Waals surface area contributed by atoms with Gasteiger partial charge in [-0.15, -0.1) is 11.6 Å². The van der Waals surface area contributed by atoms with Gasteiger partial charge in [0.25, 0.3) is 0 Å². The fourth-order valence-electron chi connectivity index (χ4n) is 1.09. The number of alkyl halides is 1. The average molecular weight is 215 g/mol. The van der Waals surface area contributed by atoms with E-state index in [1.165, 1.54) is 0 Å². The van der Waals surface area contributed by atoms with Crippen LogP contribution in [0.5, 0.6) is 5.75 Å². The standard InChI is InChI=1S/C10H11ClO3/c1-14-8-4-2-3-7(5-8)6-9(11)10(12)13/h2-5,9H,6H2,1H3,(H,12,13). The Morgan fingerprint density at radius 3 is 2.93 bits per heavy atom. The number of hydrogen-bond donors (Lipinski definition) is 1. The molecule has 1 aromatic rings. The highest BCUT2D eigenvalue weighted by Crippen LogP contribution is 2.15. The molecule has 0 radical (unpaired) electrons. The van der Waals surface area contributed by atoms with Crippen LogP contribution in [0.25, 0.3) is 0 Å². The number of ether oxygens (including phenoxy) is 1. The summed E-state index contributed by atoms with van der Waals surface area (Å²) in [6.07, 6.45) is 0.300. The van der Waals surface area contributed by atoms with Gasteiger partial charge >= 0.3 is 5.97 Å². The van der Waals surface area contributed by atoms with Gasteiger partial charge in [-0.2, -0.15) is 0 Å². The van der Waals surface area contributed by atoms with Gasteiger partial charge in [-0.1, -0.05) is 12.1 Å². The number of rotatable bonds is 4. The summed E-state index contributed by atoms with van der Waals surface area (Å²) in [7, 11) is 1.56. The van der Waals surface area contributed by atoms with Crippen LogP contribution in [0.3, 0.4) is 0 Å². The van der Waals surface area contributed by atoms with E-state index in [1.807, 2.05) is 6.07 Å². The highest BCUT2D eigenvalue weighted by molar-refractivity contribution is 6.29. The van der Waals surface area contributed by atoms with Crippen molar-refractivity contribution in [2.24, 2.45) is 0 Å². The molecule has 4 heteroatoms. The first-order chi connectivity index (χ1) is 6.63. The van der Waals surface area contributed by atoms with Crippen molar-refractivity contribution in [1.82, 2.24) is 0 Å². The lowest BCUT2D eigenvalue weighted by atomic mass is 10.1. The molecule has 0 aliphatic carbocycles. The molecule has 1 aromatic carbocycles. The van der Waals surface area contributed by atoms with E-state index in [9.17, 15) is 4.79 Å². The van der Waals surface area contributed by atoms with Crippen molar-refractivity contribution in [3.63, 3.8) is 0 Å². The molecule has 76 valence electrons. The van der Waals surface area contributed by atoms with Gasteiger partial charge < -0.3 is 9.84 Å². The van der Waals surface area contributed by atoms with E-state index < -0.39 is 11.3 Å². The minimum Gasteiger partial charge on any atom is -0.497 e. The van der Waals surface area contributed by atoms with Crippen molar-refractivity contribution >= 4 is 17.6 Å². The topological polar surface area (TPSA) is 46.5 Å². The van der Waals surface area contributed by atoms with Crippen LogP contribution in [0.4, 0.5) is 0 Å². The van der Waals surface area contributed by atoms with Crippen LogP contribution < -0.4 is 4.74 Å². The third-order valence-electron chi connectivity index (χ3n) is 1.82. The summed E-state index contributed by atoms with van der Waals surface area (Å²) in [5.41, 5.74) is 0.853. The maximum atomic E-state index is 10.5. The molecule has 1 N–H and O–H groups in total. The zero-order valence-corrected chi connectivity index (χ0v) is 8.49. The summed E-state index contributed by atoms with van der Waals surface area (Å²) >= 11 is 5.61. The van der Waals surface area contributed by atoms with Gasteiger partial charge in [0.05, 0.1) is 7.11 Å². The molecule has 0 heterocycles. The SMILES string of the molecule is COc1cccc(CC(Cl)C(=O)O)c1. The quantitative estimate of drug-likeness (QED) is 0.780. The molecule has 0 spiro atoms. The second kappa shape index (κ2) is 4.86. The summed E-state index contributed by atoms with van der Waals surface area (Å²) in [5, 5.41) is 7.72. The third-order valence-corrected chi connectivity index (χ3v) is 2.16. The number of hydrogen-bond acceptors (Lipinski definition) is 2. The predicted molar refractivity (Wildman–Crippen MR) is 54.0 cm³/mol. The second-order valence-corrected chi connectivity index (χ2v) is 3.39. The number of carboxylic acid groups (broad SMARTS) is 1. The number of benzene rings is 1. The molecule has 0 saturated carbocycles. The molecule has 1 rings (SSSR count). The molecule has 3 nitrogen and oxygen atoms in total. The lowest BCUT2D eigenvalue weighted by molar-refractivity contribution is -0.136. The zero-order valence-electron chi connectivity index (χ0n) is 7.74. The highest BCUT2D eigenvalue weighted by atomic mass is 35.5. The summed E-state index contributed by atoms with van der Waals surface area (Å²) in [6.45, 7) is 0. The van der Waals surface area contributed by atoms with E-state index >= 15 is 0 Å². The molecule has 0 saturated heterocycles. The number of methoxy groups -OCH3 is 1. The van der Waals surface area contributed by atoms with E-state index in [2.05, 4.69) is 0 Å². The van der Waals surface area contributed by atoms with Gasteiger partial charge in [-0.25, -0.2) is 0 Å². The van der Waals surface area contributed by atoms with E-state index in [-0.39, 0.29) is 0 Å². The molecule has 0 aliphatic heterocycles. The lowest BCUT2D eigenvalue weighted by Gasteiger charge is -2.06. The Morgan fingerprint density at radius 1 is 1.64 bits per heavy atom. The fraction of sp³-hybridized carbons (Fsp3) is 0.300. The van der Waals surface area contributed by atoms with Gasteiger partial charge in [0.1, 0.15) is 11.1 Å². The van der Waals surface area contributed by atoms with Crippen LogP contribution in [-0.4, -0.2) is 23.6 Å². The number of halogens is 1. The highest BCUT2D eigenvalue weighted by Gasteiger charge is 2.14. The Kier molecular flexibility index (Phi) is 3.77. The number of carbonyl (C=O) groups is 1. The molecule has 0 amide bonds. The Bertz CT molecular complexity index is 325. The summed E-state index contributed by atoms with van der Waals surface area (Å²) in [5.74, 6) is -0.300. The van der Waals surface area contributed by atoms with Gasteiger partial charge in [-0.05, 0) is 24.1 Å². The molecule has 1 atom stereocenters. The number of carboxylic acids is 1. The van der Waals surface area contributed by atoms with E-state index in [0.29, 0.717) is 12.2 Å². The molecule has 0 fully saturated rings. The Balaban J connectivity index is 2.71. The summed E-state index contributed by atoms with van der Waals surface area (Å²) < 4.78 is 5.01. The van der Waals surface area contributed by atoms with Crippen molar-refractivity contribution in [1.29, 1.82) is 0 Å². The van der Waals surface area contributed by atoms with Crippen molar-refractivity contribution in [2.45, 2.75) is 11.8 Å². The molecular weight excluding hydrogens is 204 g/mol. The molecule has 14 heavy (non-hydrogen) atoms. The maximum Gasteiger partial charge on any atom is 0.321 e. The zero-order chi connectivity index (χ0) is 10.6. The smallest absolute Gasteiger partial charge is 0.321 e. The fourth-order valence-corrected chi connectivity index (χ4v) is 1.27. The third kappa shape index (κ3) is 2.92. The molecular formula is C10H11ClO3. The minimum atomic E-state index is -1.01. The van der Waals surface area contributed by atoms with Gasteiger partial charge in [0, 0.05) is 0 Å². The van der Waals surface area contributed by atoms with Crippen molar-refractivity contribution < 1.29 is 14.6 Å². The summed E-state index contributed by atoms with van der Waals surface area (Å²) in [4.78, 5) is 10.5. The number of aliphatic carboxylic acids is 1. The van der Waals surface area contributed by atoms with Crippen LogP contribution >= 0.6 is 11.6 Å². The monoisotopic (exact) mass is 214 g/mol. The summed E-state index contributed by atoms with van der Waals surface area (Å²) in [6, 6.07) is 7.20. The van der Waals surface area contributed by atoms with Crippen molar-refractivity contribution in [2.75, 3.05) is 7.11 Å². The first-order valence-electron chi connectivity index (χ1n) is 4.13.